The molecule has 4 nitrogen and oxygen atoms in total. The lowest BCUT2D eigenvalue weighted by molar-refractivity contribution is 0.180. The molecule has 0 saturated carbocycles. The summed E-state index contributed by atoms with van der Waals surface area (Å²) in [7, 11) is 1.67. The summed E-state index contributed by atoms with van der Waals surface area (Å²) in [5.74, 6) is 0.858. The minimum absolute atomic E-state index is 0.505. The second-order valence-corrected chi connectivity index (χ2v) is 5.37. The molecule has 2 heterocycles. The lowest BCUT2D eigenvalue weighted by atomic mass is 10.2. The molecular formula is C11H14N2O2S2. The number of rotatable bonds is 5. The second kappa shape index (κ2) is 5.66. The van der Waals surface area contributed by atoms with E-state index in [1.807, 2.05) is 13.2 Å². The number of methoxy groups -OCH3 is 1. The fourth-order valence-electron chi connectivity index (χ4n) is 1.52. The molecule has 0 aliphatic rings. The van der Waals surface area contributed by atoms with Gasteiger partial charge < -0.3 is 9.47 Å². The van der Waals surface area contributed by atoms with Crippen LogP contribution in [0.25, 0.3) is 10.3 Å². The Balaban J connectivity index is 2.56. The maximum absolute atomic E-state index is 5.70. The molecule has 0 amide bonds. The van der Waals surface area contributed by atoms with Gasteiger partial charge in [-0.3, -0.25) is 0 Å². The molecule has 0 spiro atoms. The van der Waals surface area contributed by atoms with Crippen molar-refractivity contribution in [1.82, 2.24) is 9.97 Å². The Kier molecular flexibility index (Phi) is 4.20. The SMILES string of the molecule is CCOc1c(COC)cnc2nc(SC)sc12. The third-order valence-corrected chi connectivity index (χ3v) is 4.22. The molecule has 0 aliphatic heterocycles. The van der Waals surface area contributed by atoms with Gasteiger partial charge in [0.2, 0.25) is 0 Å². The summed E-state index contributed by atoms with van der Waals surface area (Å²) in [6, 6.07) is 0. The number of aromatic nitrogens is 2. The summed E-state index contributed by atoms with van der Waals surface area (Å²) >= 11 is 3.23. The van der Waals surface area contributed by atoms with Gasteiger partial charge in [-0.05, 0) is 13.2 Å². The van der Waals surface area contributed by atoms with Crippen molar-refractivity contribution in [3.8, 4) is 5.75 Å². The van der Waals surface area contributed by atoms with Gasteiger partial charge in [0, 0.05) is 18.9 Å². The van der Waals surface area contributed by atoms with Gasteiger partial charge in [0.05, 0.1) is 13.2 Å². The first-order valence-electron chi connectivity index (χ1n) is 5.24. The smallest absolute Gasteiger partial charge is 0.175 e. The first-order chi connectivity index (χ1) is 8.30. The zero-order valence-electron chi connectivity index (χ0n) is 10.0. The van der Waals surface area contributed by atoms with Crippen molar-refractivity contribution in [2.45, 2.75) is 17.9 Å². The van der Waals surface area contributed by atoms with Crippen LogP contribution in [0.15, 0.2) is 10.5 Å². The first kappa shape index (κ1) is 12.6. The maximum Gasteiger partial charge on any atom is 0.175 e. The Hall–Kier alpha value is -0.850. The minimum atomic E-state index is 0.505. The molecule has 0 radical (unpaired) electrons. The van der Waals surface area contributed by atoms with Crippen LogP contribution < -0.4 is 4.74 Å². The van der Waals surface area contributed by atoms with Crippen LogP contribution in [0.3, 0.4) is 0 Å². The van der Waals surface area contributed by atoms with Crippen LogP contribution in [0, 0.1) is 0 Å². The quantitative estimate of drug-likeness (QED) is 0.782. The summed E-state index contributed by atoms with van der Waals surface area (Å²) in [6.07, 6.45) is 3.79. The molecule has 0 fully saturated rings. The number of thiazole rings is 1. The van der Waals surface area contributed by atoms with Gasteiger partial charge >= 0.3 is 0 Å². The molecule has 0 saturated heterocycles. The first-order valence-corrected chi connectivity index (χ1v) is 7.28. The van der Waals surface area contributed by atoms with E-state index in [2.05, 4.69) is 9.97 Å². The zero-order chi connectivity index (χ0) is 12.3. The number of fused-ring (bicyclic) bond motifs is 1. The van der Waals surface area contributed by atoms with E-state index in [1.165, 1.54) is 0 Å². The number of nitrogens with zero attached hydrogens (tertiary/aromatic N) is 2. The van der Waals surface area contributed by atoms with Crippen molar-refractivity contribution in [3.63, 3.8) is 0 Å². The van der Waals surface area contributed by atoms with Crippen molar-refractivity contribution >= 4 is 33.4 Å². The third kappa shape index (κ3) is 2.53. The average molecular weight is 270 g/mol. The molecule has 17 heavy (non-hydrogen) atoms. The van der Waals surface area contributed by atoms with Gasteiger partial charge in [-0.25, -0.2) is 9.97 Å². The molecule has 0 N–H and O–H groups in total. The number of ether oxygens (including phenoxy) is 2. The summed E-state index contributed by atoms with van der Waals surface area (Å²) in [5, 5.41) is 0. The summed E-state index contributed by atoms with van der Waals surface area (Å²) in [4.78, 5) is 8.76. The van der Waals surface area contributed by atoms with E-state index in [4.69, 9.17) is 9.47 Å². The summed E-state index contributed by atoms with van der Waals surface area (Å²) < 4.78 is 12.9. The van der Waals surface area contributed by atoms with Crippen LogP contribution in [0.1, 0.15) is 12.5 Å². The van der Waals surface area contributed by atoms with Gasteiger partial charge in [-0.1, -0.05) is 11.8 Å². The Morgan fingerprint density at radius 1 is 1.47 bits per heavy atom. The van der Waals surface area contributed by atoms with Crippen LogP contribution in [0.5, 0.6) is 5.75 Å². The molecule has 92 valence electrons. The van der Waals surface area contributed by atoms with E-state index >= 15 is 0 Å². The molecule has 6 heteroatoms. The Bertz CT molecular complexity index is 513. The standard InChI is InChI=1S/C11H14N2O2S2/c1-4-15-8-7(6-14-2)5-12-10-9(8)17-11(13-10)16-3/h5H,4,6H2,1-3H3. The van der Waals surface area contributed by atoms with Crippen molar-refractivity contribution in [1.29, 1.82) is 0 Å². The molecule has 0 bridgehead atoms. The molecular weight excluding hydrogens is 256 g/mol. The number of hydrogen-bond donors (Lipinski definition) is 0. The lowest BCUT2D eigenvalue weighted by Crippen LogP contribution is -1.99. The predicted octanol–water partition coefficient (Wildman–Crippen LogP) is 2.96. The lowest BCUT2D eigenvalue weighted by Gasteiger charge is -2.09. The van der Waals surface area contributed by atoms with Crippen LogP contribution in [0.4, 0.5) is 0 Å². The van der Waals surface area contributed by atoms with Crippen molar-refractivity contribution in [2.75, 3.05) is 20.0 Å². The maximum atomic E-state index is 5.70. The summed E-state index contributed by atoms with van der Waals surface area (Å²) in [6.45, 7) is 3.10. The highest BCUT2D eigenvalue weighted by Gasteiger charge is 2.14. The highest BCUT2D eigenvalue weighted by molar-refractivity contribution is 8.00. The second-order valence-electron chi connectivity index (χ2n) is 3.32. The van der Waals surface area contributed by atoms with Gasteiger partial charge in [0.1, 0.15) is 10.4 Å². The predicted molar refractivity (Wildman–Crippen MR) is 71.1 cm³/mol. The molecule has 0 aliphatic carbocycles. The molecule has 0 unspecified atom stereocenters. The fourth-order valence-corrected chi connectivity index (χ4v) is 3.06. The normalized spacial score (nSPS) is 11.0. The monoisotopic (exact) mass is 270 g/mol. The molecule has 2 aromatic rings. The highest BCUT2D eigenvalue weighted by Crippen LogP contribution is 2.36. The number of hydrogen-bond acceptors (Lipinski definition) is 6. The van der Waals surface area contributed by atoms with E-state index in [1.54, 1.807) is 36.4 Å². The van der Waals surface area contributed by atoms with Gasteiger partial charge in [-0.2, -0.15) is 0 Å². The molecule has 0 atom stereocenters. The van der Waals surface area contributed by atoms with E-state index in [-0.39, 0.29) is 0 Å². The topological polar surface area (TPSA) is 44.2 Å². The summed E-state index contributed by atoms with van der Waals surface area (Å²) in [5.41, 5.74) is 1.72. The van der Waals surface area contributed by atoms with Gasteiger partial charge in [0.15, 0.2) is 9.99 Å². The van der Waals surface area contributed by atoms with Crippen molar-refractivity contribution in [2.24, 2.45) is 0 Å². The fraction of sp³-hybridized carbons (Fsp3) is 0.455. The number of pyridine rings is 1. The Morgan fingerprint density at radius 3 is 2.94 bits per heavy atom. The van der Waals surface area contributed by atoms with Crippen molar-refractivity contribution in [3.05, 3.63) is 11.8 Å². The zero-order valence-corrected chi connectivity index (χ0v) is 11.7. The molecule has 0 aromatic carbocycles. The van der Waals surface area contributed by atoms with Gasteiger partial charge in [-0.15, -0.1) is 11.3 Å². The van der Waals surface area contributed by atoms with Crippen LogP contribution in [-0.4, -0.2) is 29.9 Å². The largest absolute Gasteiger partial charge is 0.492 e. The Labute approximate surface area is 108 Å². The third-order valence-electron chi connectivity index (χ3n) is 2.19. The van der Waals surface area contributed by atoms with E-state index in [0.29, 0.717) is 13.2 Å². The molecule has 2 rings (SSSR count). The average Bonchev–Trinajstić information content (AvgIpc) is 2.76. The van der Waals surface area contributed by atoms with Crippen LogP contribution in [-0.2, 0) is 11.3 Å². The Morgan fingerprint density at radius 2 is 2.29 bits per heavy atom. The number of thioether (sulfide) groups is 1. The van der Waals surface area contributed by atoms with Gasteiger partial charge in [0.25, 0.3) is 0 Å². The van der Waals surface area contributed by atoms with Crippen molar-refractivity contribution < 1.29 is 9.47 Å². The van der Waals surface area contributed by atoms with Crippen LogP contribution >= 0.6 is 23.1 Å². The molecule has 2 aromatic heterocycles. The minimum Gasteiger partial charge on any atom is -0.492 e. The highest BCUT2D eigenvalue weighted by atomic mass is 32.2. The van der Waals surface area contributed by atoms with E-state index in [9.17, 15) is 0 Å². The van der Waals surface area contributed by atoms with E-state index in [0.717, 1.165) is 26.0 Å². The van der Waals surface area contributed by atoms with Crippen LogP contribution in [0.2, 0.25) is 0 Å². The van der Waals surface area contributed by atoms with E-state index < -0.39 is 0 Å².